The minimum atomic E-state index is -0.568. The van der Waals surface area contributed by atoms with E-state index in [4.69, 9.17) is 4.74 Å². The molecular formula is C9H17NO3. The van der Waals surface area contributed by atoms with Crippen LogP contribution in [-0.4, -0.2) is 59.7 Å². The molecule has 0 amide bonds. The van der Waals surface area contributed by atoms with Gasteiger partial charge in [0.2, 0.25) is 0 Å². The molecule has 76 valence electrons. The first-order chi connectivity index (χ1) is 6.25. The highest BCUT2D eigenvalue weighted by Gasteiger charge is 2.31. The molecule has 2 rings (SSSR count). The van der Waals surface area contributed by atoms with Gasteiger partial charge in [0, 0.05) is 26.2 Å². The van der Waals surface area contributed by atoms with Crippen molar-refractivity contribution in [2.24, 2.45) is 0 Å². The topological polar surface area (TPSA) is 52.9 Å². The lowest BCUT2D eigenvalue weighted by atomic mass is 10.2. The van der Waals surface area contributed by atoms with Gasteiger partial charge in [0.1, 0.15) is 0 Å². The molecule has 0 aliphatic carbocycles. The summed E-state index contributed by atoms with van der Waals surface area (Å²) < 4.78 is 5.48. The molecule has 13 heavy (non-hydrogen) atoms. The first-order valence-electron chi connectivity index (χ1n) is 4.96. The van der Waals surface area contributed by atoms with Crippen LogP contribution >= 0.6 is 0 Å². The number of aliphatic hydroxyl groups is 2. The van der Waals surface area contributed by atoms with Crippen LogP contribution in [0.5, 0.6) is 0 Å². The maximum atomic E-state index is 9.31. The van der Waals surface area contributed by atoms with Crippen molar-refractivity contribution in [2.45, 2.75) is 31.2 Å². The van der Waals surface area contributed by atoms with E-state index in [1.807, 2.05) is 0 Å². The predicted molar refractivity (Wildman–Crippen MR) is 47.4 cm³/mol. The Morgan fingerprint density at radius 1 is 1.23 bits per heavy atom. The molecule has 3 unspecified atom stereocenters. The quantitative estimate of drug-likeness (QED) is 0.594. The highest BCUT2D eigenvalue weighted by Crippen LogP contribution is 2.16. The molecule has 0 aromatic carbocycles. The number of ether oxygens (including phenoxy) is 1. The van der Waals surface area contributed by atoms with Crippen molar-refractivity contribution in [3.8, 4) is 0 Å². The van der Waals surface area contributed by atoms with Gasteiger partial charge in [0.15, 0.2) is 0 Å². The van der Waals surface area contributed by atoms with Gasteiger partial charge >= 0.3 is 0 Å². The second kappa shape index (κ2) is 3.92. The van der Waals surface area contributed by atoms with E-state index in [0.717, 1.165) is 26.0 Å². The number of likely N-dealkylation sites (tertiary alicyclic amines) is 1. The summed E-state index contributed by atoms with van der Waals surface area (Å²) >= 11 is 0. The Balaban J connectivity index is 1.76. The van der Waals surface area contributed by atoms with E-state index in [1.54, 1.807) is 0 Å². The van der Waals surface area contributed by atoms with Crippen molar-refractivity contribution in [3.63, 3.8) is 0 Å². The molecule has 4 heteroatoms. The Bertz CT molecular complexity index is 160. The maximum absolute atomic E-state index is 9.31. The van der Waals surface area contributed by atoms with Crippen molar-refractivity contribution in [2.75, 3.05) is 26.2 Å². The van der Waals surface area contributed by atoms with Gasteiger partial charge in [-0.15, -0.1) is 0 Å². The van der Waals surface area contributed by atoms with Gasteiger partial charge in [0.25, 0.3) is 0 Å². The summed E-state index contributed by atoms with van der Waals surface area (Å²) in [5.41, 5.74) is 0. The fraction of sp³-hybridized carbons (Fsp3) is 1.00. The van der Waals surface area contributed by atoms with E-state index < -0.39 is 12.2 Å². The van der Waals surface area contributed by atoms with Crippen LogP contribution in [0.3, 0.4) is 0 Å². The van der Waals surface area contributed by atoms with E-state index >= 15 is 0 Å². The summed E-state index contributed by atoms with van der Waals surface area (Å²) in [5, 5.41) is 18.6. The average molecular weight is 187 g/mol. The van der Waals surface area contributed by atoms with Gasteiger partial charge in [-0.25, -0.2) is 0 Å². The molecule has 0 bridgehead atoms. The van der Waals surface area contributed by atoms with Gasteiger partial charge < -0.3 is 14.9 Å². The Morgan fingerprint density at radius 3 is 2.46 bits per heavy atom. The van der Waals surface area contributed by atoms with E-state index in [9.17, 15) is 10.2 Å². The molecule has 0 spiro atoms. The third-order valence-corrected chi connectivity index (χ3v) is 2.82. The minimum absolute atomic E-state index is 0.317. The SMILES string of the molecule is OC1CN(CC2CCCO2)CC1O. The molecule has 0 aromatic heterocycles. The highest BCUT2D eigenvalue weighted by molar-refractivity contribution is 4.85. The first-order valence-corrected chi connectivity index (χ1v) is 4.96. The lowest BCUT2D eigenvalue weighted by Crippen LogP contribution is -2.31. The summed E-state index contributed by atoms with van der Waals surface area (Å²) in [4.78, 5) is 2.07. The Hall–Kier alpha value is -0.160. The Kier molecular flexibility index (Phi) is 2.83. The lowest BCUT2D eigenvalue weighted by molar-refractivity contribution is 0.0572. The van der Waals surface area contributed by atoms with Crippen LogP contribution in [0, 0.1) is 0 Å². The minimum Gasteiger partial charge on any atom is -0.389 e. The van der Waals surface area contributed by atoms with Crippen molar-refractivity contribution in [1.82, 2.24) is 4.90 Å². The van der Waals surface area contributed by atoms with Crippen LogP contribution in [0.4, 0.5) is 0 Å². The second-order valence-corrected chi connectivity index (χ2v) is 3.99. The molecule has 2 aliphatic heterocycles. The summed E-state index contributed by atoms with van der Waals surface area (Å²) in [7, 11) is 0. The fourth-order valence-corrected chi connectivity index (χ4v) is 2.07. The standard InChI is InChI=1S/C9H17NO3/c11-8-5-10(6-9(8)12)4-7-2-1-3-13-7/h7-9,11-12H,1-6H2. The van der Waals surface area contributed by atoms with Gasteiger partial charge in [0.05, 0.1) is 18.3 Å². The van der Waals surface area contributed by atoms with Crippen LogP contribution in [0.1, 0.15) is 12.8 Å². The van der Waals surface area contributed by atoms with Gasteiger partial charge in [-0.3, -0.25) is 4.90 Å². The third kappa shape index (κ3) is 2.20. The molecule has 3 atom stereocenters. The molecule has 0 saturated carbocycles. The largest absolute Gasteiger partial charge is 0.389 e. The molecular weight excluding hydrogens is 170 g/mol. The van der Waals surface area contributed by atoms with Gasteiger partial charge in [-0.2, -0.15) is 0 Å². The summed E-state index contributed by atoms with van der Waals surface area (Å²) in [6.07, 6.45) is 1.44. The monoisotopic (exact) mass is 187 g/mol. The average Bonchev–Trinajstić information content (AvgIpc) is 2.64. The third-order valence-electron chi connectivity index (χ3n) is 2.82. The predicted octanol–water partition coefficient (Wildman–Crippen LogP) is -0.797. The molecule has 2 aliphatic rings. The number of β-amino-alcohol motifs (C(OH)–C–C–N with tert-alkyl or cyclic N) is 2. The van der Waals surface area contributed by atoms with E-state index in [2.05, 4.69) is 4.90 Å². The zero-order chi connectivity index (χ0) is 9.26. The second-order valence-electron chi connectivity index (χ2n) is 3.99. The Morgan fingerprint density at radius 2 is 1.92 bits per heavy atom. The Labute approximate surface area is 78.1 Å². The molecule has 0 aromatic rings. The molecule has 2 N–H and O–H groups in total. The van der Waals surface area contributed by atoms with Gasteiger partial charge in [-0.1, -0.05) is 0 Å². The highest BCUT2D eigenvalue weighted by atomic mass is 16.5. The van der Waals surface area contributed by atoms with Crippen LogP contribution in [0.25, 0.3) is 0 Å². The molecule has 2 saturated heterocycles. The van der Waals surface area contributed by atoms with Crippen molar-refractivity contribution >= 4 is 0 Å². The lowest BCUT2D eigenvalue weighted by Gasteiger charge is -2.18. The maximum Gasteiger partial charge on any atom is 0.0938 e. The number of nitrogens with zero attached hydrogens (tertiary/aromatic N) is 1. The normalized spacial score (nSPS) is 41.5. The summed E-state index contributed by atoms with van der Waals surface area (Å²) in [5.74, 6) is 0. The molecule has 0 radical (unpaired) electrons. The van der Waals surface area contributed by atoms with E-state index in [0.29, 0.717) is 19.2 Å². The number of hydrogen-bond donors (Lipinski definition) is 2. The fourth-order valence-electron chi connectivity index (χ4n) is 2.07. The number of aliphatic hydroxyl groups excluding tert-OH is 2. The van der Waals surface area contributed by atoms with Crippen molar-refractivity contribution in [1.29, 1.82) is 0 Å². The first kappa shape index (κ1) is 9.40. The van der Waals surface area contributed by atoms with Crippen LogP contribution in [-0.2, 0) is 4.74 Å². The van der Waals surface area contributed by atoms with E-state index in [1.165, 1.54) is 0 Å². The molecule has 2 fully saturated rings. The molecule has 2 heterocycles. The zero-order valence-corrected chi connectivity index (χ0v) is 7.72. The molecule has 4 nitrogen and oxygen atoms in total. The summed E-state index contributed by atoms with van der Waals surface area (Å²) in [6.45, 7) is 2.89. The van der Waals surface area contributed by atoms with Gasteiger partial charge in [-0.05, 0) is 12.8 Å². The van der Waals surface area contributed by atoms with Crippen LogP contribution in [0.2, 0.25) is 0 Å². The number of rotatable bonds is 2. The smallest absolute Gasteiger partial charge is 0.0938 e. The van der Waals surface area contributed by atoms with Crippen LogP contribution < -0.4 is 0 Å². The number of hydrogen-bond acceptors (Lipinski definition) is 4. The van der Waals surface area contributed by atoms with Crippen molar-refractivity contribution in [3.05, 3.63) is 0 Å². The summed E-state index contributed by atoms with van der Waals surface area (Å²) in [6, 6.07) is 0. The zero-order valence-electron chi connectivity index (χ0n) is 7.72. The van der Waals surface area contributed by atoms with Crippen LogP contribution in [0.15, 0.2) is 0 Å². The van der Waals surface area contributed by atoms with E-state index in [-0.39, 0.29) is 0 Å². The van der Waals surface area contributed by atoms with Crippen molar-refractivity contribution < 1.29 is 14.9 Å².